The molecule has 2 aromatic rings. The van der Waals surface area contributed by atoms with E-state index in [1.165, 1.54) is 0 Å². The van der Waals surface area contributed by atoms with Crippen LogP contribution in [0.15, 0.2) is 34.9 Å². The van der Waals surface area contributed by atoms with E-state index in [-0.39, 0.29) is 0 Å². The van der Waals surface area contributed by atoms with Crippen LogP contribution in [-0.4, -0.2) is 9.78 Å². The van der Waals surface area contributed by atoms with Gasteiger partial charge in [0.1, 0.15) is 0 Å². The Balaban J connectivity index is 2.38. The third-order valence-corrected chi connectivity index (χ3v) is 3.33. The van der Waals surface area contributed by atoms with Crippen LogP contribution in [0, 0.1) is 0 Å². The Kier molecular flexibility index (Phi) is 3.64. The van der Waals surface area contributed by atoms with Crippen molar-refractivity contribution in [2.45, 2.75) is 26.3 Å². The number of halogens is 1. The van der Waals surface area contributed by atoms with E-state index in [4.69, 9.17) is 5.73 Å². The molecule has 2 rings (SSSR count). The molecule has 3 nitrogen and oxygen atoms in total. The number of benzene rings is 1. The van der Waals surface area contributed by atoms with Gasteiger partial charge < -0.3 is 5.73 Å². The van der Waals surface area contributed by atoms with Crippen LogP contribution < -0.4 is 5.73 Å². The number of hydrogen-bond donors (Lipinski definition) is 1. The molecule has 0 unspecified atom stereocenters. The lowest BCUT2D eigenvalue weighted by atomic mass is 10.1. The lowest BCUT2D eigenvalue weighted by Crippen LogP contribution is -2.01. The standard InChI is InChI=1S/C13H16BrN3/c1-9(2)12-5-6-17(16-12)13-4-3-10(8-15)7-11(13)14/h3-7,9H,8,15H2,1-2H3. The average Bonchev–Trinajstić information content (AvgIpc) is 2.78. The summed E-state index contributed by atoms with van der Waals surface area (Å²) in [5, 5.41) is 4.55. The van der Waals surface area contributed by atoms with E-state index >= 15 is 0 Å². The Labute approximate surface area is 110 Å². The van der Waals surface area contributed by atoms with Gasteiger partial charge in [0.15, 0.2) is 0 Å². The van der Waals surface area contributed by atoms with E-state index in [2.05, 4.69) is 34.9 Å². The molecule has 4 heteroatoms. The zero-order chi connectivity index (χ0) is 12.4. The van der Waals surface area contributed by atoms with Crippen molar-refractivity contribution in [2.24, 2.45) is 5.73 Å². The molecule has 0 bridgehead atoms. The number of nitrogens with two attached hydrogens (primary N) is 1. The molecule has 0 fully saturated rings. The minimum absolute atomic E-state index is 0.443. The summed E-state index contributed by atoms with van der Waals surface area (Å²) in [6.07, 6.45) is 1.98. The fourth-order valence-corrected chi connectivity index (χ4v) is 2.25. The van der Waals surface area contributed by atoms with Crippen LogP contribution in [-0.2, 0) is 6.54 Å². The van der Waals surface area contributed by atoms with Crippen molar-refractivity contribution in [1.82, 2.24) is 9.78 Å². The van der Waals surface area contributed by atoms with Crippen molar-refractivity contribution in [3.8, 4) is 5.69 Å². The monoisotopic (exact) mass is 293 g/mol. The molecular weight excluding hydrogens is 278 g/mol. The molecule has 0 amide bonds. The first kappa shape index (κ1) is 12.3. The topological polar surface area (TPSA) is 43.8 Å². The fourth-order valence-electron chi connectivity index (χ4n) is 1.64. The molecule has 1 aromatic heterocycles. The molecule has 0 radical (unpaired) electrons. The molecule has 0 aliphatic rings. The summed E-state index contributed by atoms with van der Waals surface area (Å²) in [5.74, 6) is 0.443. The minimum atomic E-state index is 0.443. The number of nitrogens with zero attached hydrogens (tertiary/aromatic N) is 2. The Morgan fingerprint density at radius 1 is 1.35 bits per heavy atom. The number of hydrogen-bond acceptors (Lipinski definition) is 2. The van der Waals surface area contributed by atoms with Gasteiger partial charge in [0.25, 0.3) is 0 Å². The Hall–Kier alpha value is -1.13. The predicted molar refractivity (Wildman–Crippen MR) is 73.2 cm³/mol. The number of rotatable bonds is 3. The highest BCUT2D eigenvalue weighted by Gasteiger charge is 2.07. The van der Waals surface area contributed by atoms with Gasteiger partial charge in [-0.2, -0.15) is 5.10 Å². The summed E-state index contributed by atoms with van der Waals surface area (Å²) in [6.45, 7) is 4.83. The Bertz CT molecular complexity index is 517. The summed E-state index contributed by atoms with van der Waals surface area (Å²) >= 11 is 3.55. The normalized spacial score (nSPS) is 11.1. The van der Waals surface area contributed by atoms with Crippen molar-refractivity contribution in [2.75, 3.05) is 0 Å². The molecule has 0 aliphatic carbocycles. The number of aromatic nitrogens is 2. The highest BCUT2D eigenvalue weighted by molar-refractivity contribution is 9.10. The minimum Gasteiger partial charge on any atom is -0.326 e. The maximum Gasteiger partial charge on any atom is 0.0787 e. The molecule has 90 valence electrons. The SMILES string of the molecule is CC(C)c1ccn(-c2ccc(CN)cc2Br)n1. The Morgan fingerprint density at radius 2 is 2.12 bits per heavy atom. The van der Waals surface area contributed by atoms with Crippen LogP contribution in [0.1, 0.15) is 31.0 Å². The summed E-state index contributed by atoms with van der Waals surface area (Å²) in [6, 6.07) is 8.14. The van der Waals surface area contributed by atoms with Gasteiger partial charge >= 0.3 is 0 Å². The van der Waals surface area contributed by atoms with Gasteiger partial charge in [-0.05, 0) is 45.6 Å². The van der Waals surface area contributed by atoms with Crippen LogP contribution >= 0.6 is 15.9 Å². The first-order valence-electron chi connectivity index (χ1n) is 5.66. The van der Waals surface area contributed by atoms with Gasteiger partial charge in [-0.1, -0.05) is 19.9 Å². The molecule has 0 spiro atoms. The molecule has 0 saturated carbocycles. The summed E-state index contributed by atoms with van der Waals surface area (Å²) < 4.78 is 2.90. The predicted octanol–water partition coefficient (Wildman–Crippen LogP) is 3.22. The van der Waals surface area contributed by atoms with Crippen LogP contribution in [0.5, 0.6) is 0 Å². The second-order valence-corrected chi connectivity index (χ2v) is 5.18. The Morgan fingerprint density at radius 3 is 2.65 bits per heavy atom. The van der Waals surface area contributed by atoms with Crippen LogP contribution in [0.3, 0.4) is 0 Å². The van der Waals surface area contributed by atoms with Crippen molar-refractivity contribution in [3.63, 3.8) is 0 Å². The zero-order valence-corrected chi connectivity index (χ0v) is 11.6. The van der Waals surface area contributed by atoms with E-state index in [0.29, 0.717) is 12.5 Å². The average molecular weight is 294 g/mol. The van der Waals surface area contributed by atoms with Crippen LogP contribution in [0.2, 0.25) is 0 Å². The van der Waals surface area contributed by atoms with Crippen molar-refractivity contribution >= 4 is 15.9 Å². The lowest BCUT2D eigenvalue weighted by Gasteiger charge is -2.06. The zero-order valence-electron chi connectivity index (χ0n) is 10.0. The van der Waals surface area contributed by atoms with Gasteiger partial charge in [-0.15, -0.1) is 0 Å². The maximum atomic E-state index is 5.61. The third-order valence-electron chi connectivity index (χ3n) is 2.70. The van der Waals surface area contributed by atoms with E-state index in [1.54, 1.807) is 0 Å². The molecule has 0 aliphatic heterocycles. The third kappa shape index (κ3) is 2.58. The molecule has 2 N–H and O–H groups in total. The van der Waals surface area contributed by atoms with E-state index in [0.717, 1.165) is 21.4 Å². The van der Waals surface area contributed by atoms with Gasteiger partial charge in [0, 0.05) is 17.2 Å². The van der Waals surface area contributed by atoms with Gasteiger partial charge in [0.2, 0.25) is 0 Å². The summed E-state index contributed by atoms with van der Waals surface area (Å²) in [5.41, 5.74) is 8.85. The second kappa shape index (κ2) is 5.02. The van der Waals surface area contributed by atoms with Crippen molar-refractivity contribution < 1.29 is 0 Å². The smallest absolute Gasteiger partial charge is 0.0787 e. The summed E-state index contributed by atoms with van der Waals surface area (Å²) in [4.78, 5) is 0. The van der Waals surface area contributed by atoms with Crippen LogP contribution in [0.25, 0.3) is 5.69 Å². The van der Waals surface area contributed by atoms with E-state index in [1.807, 2.05) is 35.1 Å². The molecule has 1 heterocycles. The van der Waals surface area contributed by atoms with Gasteiger partial charge in [0.05, 0.1) is 11.4 Å². The van der Waals surface area contributed by atoms with Crippen LogP contribution in [0.4, 0.5) is 0 Å². The first-order chi connectivity index (χ1) is 8.11. The highest BCUT2D eigenvalue weighted by atomic mass is 79.9. The highest BCUT2D eigenvalue weighted by Crippen LogP contribution is 2.23. The molecule has 1 aromatic carbocycles. The van der Waals surface area contributed by atoms with Gasteiger partial charge in [-0.3, -0.25) is 0 Å². The lowest BCUT2D eigenvalue weighted by molar-refractivity contribution is 0.767. The van der Waals surface area contributed by atoms with Gasteiger partial charge in [-0.25, -0.2) is 4.68 Å². The molecule has 0 saturated heterocycles. The quantitative estimate of drug-likeness (QED) is 0.944. The fraction of sp³-hybridized carbons (Fsp3) is 0.308. The maximum absolute atomic E-state index is 5.61. The van der Waals surface area contributed by atoms with E-state index < -0.39 is 0 Å². The summed E-state index contributed by atoms with van der Waals surface area (Å²) in [7, 11) is 0. The molecule has 0 atom stereocenters. The molecular formula is C13H16BrN3. The first-order valence-corrected chi connectivity index (χ1v) is 6.45. The second-order valence-electron chi connectivity index (χ2n) is 4.33. The van der Waals surface area contributed by atoms with Crippen molar-refractivity contribution in [3.05, 3.63) is 46.2 Å². The van der Waals surface area contributed by atoms with Crippen molar-refractivity contribution in [1.29, 1.82) is 0 Å². The molecule has 17 heavy (non-hydrogen) atoms. The van der Waals surface area contributed by atoms with E-state index in [9.17, 15) is 0 Å². The largest absolute Gasteiger partial charge is 0.326 e.